The van der Waals surface area contributed by atoms with Gasteiger partial charge in [0.1, 0.15) is 0 Å². The molecule has 1 aromatic carbocycles. The Morgan fingerprint density at radius 1 is 1.14 bits per heavy atom. The maximum absolute atomic E-state index is 13.0. The van der Waals surface area contributed by atoms with Crippen LogP contribution < -0.4 is 14.8 Å². The van der Waals surface area contributed by atoms with Gasteiger partial charge in [0.25, 0.3) is 5.91 Å². The monoisotopic (exact) mass is 288 g/mol. The van der Waals surface area contributed by atoms with Gasteiger partial charge in [-0.2, -0.15) is 4.39 Å². The highest BCUT2D eigenvalue weighted by molar-refractivity contribution is 6.04. The third-order valence-corrected chi connectivity index (χ3v) is 2.99. The first-order valence-corrected chi connectivity index (χ1v) is 6.55. The number of aromatic nitrogens is 1. The molecule has 3 rings (SSSR count). The lowest BCUT2D eigenvalue weighted by atomic mass is 10.2. The highest BCUT2D eigenvalue weighted by Gasteiger charge is 2.13. The quantitative estimate of drug-likeness (QED) is 0.863. The minimum atomic E-state index is -0.693. The standard InChI is InChI=1S/C15H13FN2O3/c16-14-8-10(4-5-17-14)15(19)18-11-2-3-12-13(9-11)21-7-1-6-20-12/h2-5,8-9H,1,6-7H2,(H,18,19). The molecular formula is C15H13FN2O3. The Balaban J connectivity index is 1.79. The molecule has 108 valence electrons. The number of benzene rings is 1. The maximum atomic E-state index is 13.0. The lowest BCUT2D eigenvalue weighted by molar-refractivity contribution is 0.102. The molecule has 0 radical (unpaired) electrons. The van der Waals surface area contributed by atoms with Gasteiger partial charge in [0.05, 0.1) is 13.2 Å². The molecule has 0 fully saturated rings. The fourth-order valence-electron chi connectivity index (χ4n) is 1.99. The van der Waals surface area contributed by atoms with E-state index in [1.807, 2.05) is 0 Å². The van der Waals surface area contributed by atoms with Crippen molar-refractivity contribution in [3.63, 3.8) is 0 Å². The zero-order chi connectivity index (χ0) is 14.7. The summed E-state index contributed by atoms with van der Waals surface area (Å²) in [5.41, 5.74) is 0.760. The molecule has 6 heteroatoms. The summed E-state index contributed by atoms with van der Waals surface area (Å²) in [6.07, 6.45) is 2.06. The molecule has 1 aliphatic rings. The van der Waals surface area contributed by atoms with Gasteiger partial charge in [-0.3, -0.25) is 4.79 Å². The molecule has 2 aromatic rings. The molecule has 0 saturated heterocycles. The second kappa shape index (κ2) is 5.78. The van der Waals surface area contributed by atoms with E-state index in [4.69, 9.17) is 9.47 Å². The number of halogens is 1. The Morgan fingerprint density at radius 3 is 2.76 bits per heavy atom. The number of carbonyl (C=O) groups excluding carboxylic acids is 1. The van der Waals surface area contributed by atoms with E-state index in [0.717, 1.165) is 12.5 Å². The van der Waals surface area contributed by atoms with E-state index in [2.05, 4.69) is 10.3 Å². The number of hydrogen-bond acceptors (Lipinski definition) is 4. The molecule has 0 atom stereocenters. The van der Waals surface area contributed by atoms with Crippen molar-refractivity contribution in [1.29, 1.82) is 0 Å². The van der Waals surface area contributed by atoms with E-state index in [-0.39, 0.29) is 5.56 Å². The Labute approximate surface area is 120 Å². The van der Waals surface area contributed by atoms with Gasteiger partial charge in [0, 0.05) is 36.0 Å². The van der Waals surface area contributed by atoms with Crippen molar-refractivity contribution in [2.75, 3.05) is 18.5 Å². The van der Waals surface area contributed by atoms with E-state index in [1.54, 1.807) is 18.2 Å². The van der Waals surface area contributed by atoms with Crippen molar-refractivity contribution in [2.24, 2.45) is 0 Å². The number of fused-ring (bicyclic) bond motifs is 1. The maximum Gasteiger partial charge on any atom is 0.255 e. The van der Waals surface area contributed by atoms with Gasteiger partial charge >= 0.3 is 0 Å². The van der Waals surface area contributed by atoms with Crippen LogP contribution >= 0.6 is 0 Å². The van der Waals surface area contributed by atoms with Crippen LogP contribution in [0.5, 0.6) is 11.5 Å². The van der Waals surface area contributed by atoms with Crippen molar-refractivity contribution in [3.8, 4) is 11.5 Å². The number of rotatable bonds is 2. The Morgan fingerprint density at radius 2 is 1.95 bits per heavy atom. The SMILES string of the molecule is O=C(Nc1ccc2c(c1)OCCCO2)c1ccnc(F)c1. The molecule has 0 saturated carbocycles. The van der Waals surface area contributed by atoms with Crippen molar-refractivity contribution in [1.82, 2.24) is 4.98 Å². The first kappa shape index (κ1) is 13.4. The Hall–Kier alpha value is -2.63. The lowest BCUT2D eigenvalue weighted by Gasteiger charge is -2.10. The average molecular weight is 288 g/mol. The van der Waals surface area contributed by atoms with Crippen LogP contribution in [-0.2, 0) is 0 Å². The van der Waals surface area contributed by atoms with E-state index in [9.17, 15) is 9.18 Å². The van der Waals surface area contributed by atoms with Crippen LogP contribution in [0.25, 0.3) is 0 Å². The molecule has 0 aliphatic carbocycles. The summed E-state index contributed by atoms with van der Waals surface area (Å²) in [6.45, 7) is 1.18. The van der Waals surface area contributed by atoms with Crippen LogP contribution in [0, 0.1) is 5.95 Å². The molecular weight excluding hydrogens is 275 g/mol. The number of pyridine rings is 1. The molecule has 1 amide bonds. The van der Waals surface area contributed by atoms with Crippen LogP contribution in [0.3, 0.4) is 0 Å². The van der Waals surface area contributed by atoms with Crippen molar-refractivity contribution >= 4 is 11.6 Å². The number of nitrogens with one attached hydrogen (secondary N) is 1. The van der Waals surface area contributed by atoms with Crippen molar-refractivity contribution in [2.45, 2.75) is 6.42 Å². The highest BCUT2D eigenvalue weighted by Crippen LogP contribution is 2.32. The van der Waals surface area contributed by atoms with Gasteiger partial charge in [0.15, 0.2) is 11.5 Å². The topological polar surface area (TPSA) is 60.5 Å². The molecule has 0 bridgehead atoms. The molecule has 0 spiro atoms. The van der Waals surface area contributed by atoms with Gasteiger partial charge in [0.2, 0.25) is 5.95 Å². The number of ether oxygens (including phenoxy) is 2. The third kappa shape index (κ3) is 3.10. The van der Waals surface area contributed by atoms with Crippen LogP contribution in [0.2, 0.25) is 0 Å². The zero-order valence-electron chi connectivity index (χ0n) is 11.1. The number of nitrogens with zero attached hydrogens (tertiary/aromatic N) is 1. The zero-order valence-corrected chi connectivity index (χ0v) is 11.1. The smallest absolute Gasteiger partial charge is 0.255 e. The van der Waals surface area contributed by atoms with Crippen LogP contribution in [0.15, 0.2) is 36.5 Å². The fourth-order valence-corrected chi connectivity index (χ4v) is 1.99. The first-order valence-electron chi connectivity index (χ1n) is 6.55. The summed E-state index contributed by atoms with van der Waals surface area (Å²) in [5, 5.41) is 2.69. The van der Waals surface area contributed by atoms with Gasteiger partial charge in [-0.1, -0.05) is 0 Å². The number of amides is 1. The summed E-state index contributed by atoms with van der Waals surface area (Å²) in [4.78, 5) is 15.4. The van der Waals surface area contributed by atoms with Gasteiger partial charge < -0.3 is 14.8 Å². The predicted molar refractivity (Wildman–Crippen MR) is 74.2 cm³/mol. The van der Waals surface area contributed by atoms with E-state index >= 15 is 0 Å². The first-order chi connectivity index (χ1) is 10.2. The van der Waals surface area contributed by atoms with Crippen molar-refractivity contribution < 1.29 is 18.7 Å². The molecule has 1 aromatic heterocycles. The van der Waals surface area contributed by atoms with Gasteiger partial charge in [-0.15, -0.1) is 0 Å². The van der Waals surface area contributed by atoms with Crippen LogP contribution in [0.4, 0.5) is 10.1 Å². The normalized spacial score (nSPS) is 13.4. The minimum Gasteiger partial charge on any atom is -0.490 e. The van der Waals surface area contributed by atoms with Crippen molar-refractivity contribution in [3.05, 3.63) is 48.0 Å². The molecule has 21 heavy (non-hydrogen) atoms. The fraction of sp³-hybridized carbons (Fsp3) is 0.200. The summed E-state index contributed by atoms with van der Waals surface area (Å²) >= 11 is 0. The molecule has 1 N–H and O–H groups in total. The van der Waals surface area contributed by atoms with E-state index in [1.165, 1.54) is 12.3 Å². The Bertz CT molecular complexity index is 676. The van der Waals surface area contributed by atoms with Gasteiger partial charge in [-0.25, -0.2) is 4.98 Å². The molecule has 5 nitrogen and oxygen atoms in total. The average Bonchev–Trinajstić information content (AvgIpc) is 2.72. The predicted octanol–water partition coefficient (Wildman–Crippen LogP) is 2.63. The summed E-state index contributed by atoms with van der Waals surface area (Å²) < 4.78 is 24.1. The van der Waals surface area contributed by atoms with Crippen LogP contribution in [0.1, 0.15) is 16.8 Å². The second-order valence-electron chi connectivity index (χ2n) is 4.53. The molecule has 1 aliphatic heterocycles. The minimum absolute atomic E-state index is 0.203. The highest BCUT2D eigenvalue weighted by atomic mass is 19.1. The van der Waals surface area contributed by atoms with Gasteiger partial charge in [-0.05, 0) is 18.2 Å². The summed E-state index contributed by atoms with van der Waals surface area (Å²) in [5.74, 6) is 0.138. The largest absolute Gasteiger partial charge is 0.490 e. The number of hydrogen-bond donors (Lipinski definition) is 1. The molecule has 2 heterocycles. The number of anilines is 1. The summed E-state index contributed by atoms with van der Waals surface area (Å²) in [7, 11) is 0. The third-order valence-electron chi connectivity index (χ3n) is 2.99. The molecule has 0 unspecified atom stereocenters. The number of carbonyl (C=O) groups is 1. The Kier molecular flexibility index (Phi) is 3.68. The second-order valence-corrected chi connectivity index (χ2v) is 4.53. The van der Waals surface area contributed by atoms with E-state index < -0.39 is 11.9 Å². The summed E-state index contributed by atoms with van der Waals surface area (Å²) in [6, 6.07) is 7.67. The lowest BCUT2D eigenvalue weighted by Crippen LogP contribution is -2.12. The van der Waals surface area contributed by atoms with E-state index in [0.29, 0.717) is 30.4 Å². The van der Waals surface area contributed by atoms with Crippen LogP contribution in [-0.4, -0.2) is 24.1 Å².